The Morgan fingerprint density at radius 2 is 1.96 bits per heavy atom. The smallest absolute Gasteiger partial charge is 0.257 e. The highest BCUT2D eigenvalue weighted by atomic mass is 35.5. The van der Waals surface area contributed by atoms with Crippen LogP contribution in [-0.4, -0.2) is 40.7 Å². The van der Waals surface area contributed by atoms with Gasteiger partial charge in [0.2, 0.25) is 5.91 Å². The van der Waals surface area contributed by atoms with Gasteiger partial charge in [-0.05, 0) is 43.4 Å². The number of benzene rings is 1. The van der Waals surface area contributed by atoms with Gasteiger partial charge in [-0.15, -0.1) is 0 Å². The summed E-state index contributed by atoms with van der Waals surface area (Å²) in [5, 5.41) is 2.71. The first-order chi connectivity index (χ1) is 13.5. The molecule has 2 saturated heterocycles. The predicted molar refractivity (Wildman–Crippen MR) is 109 cm³/mol. The molecule has 28 heavy (non-hydrogen) atoms. The average molecular weight is 425 g/mol. The van der Waals surface area contributed by atoms with E-state index in [-0.39, 0.29) is 18.1 Å². The van der Waals surface area contributed by atoms with Gasteiger partial charge in [0.05, 0.1) is 12.2 Å². The fourth-order valence-electron chi connectivity index (χ4n) is 4.82. The fraction of sp³-hybridized carbons (Fsp3) is 0.619. The molecule has 1 aliphatic carbocycles. The lowest BCUT2D eigenvalue weighted by Gasteiger charge is -2.35. The van der Waals surface area contributed by atoms with Crippen LogP contribution in [0.1, 0.15) is 50.2 Å². The minimum Gasteiger partial charge on any atom is -0.370 e. The molecule has 2 aliphatic heterocycles. The zero-order chi connectivity index (χ0) is 19.7. The molecular weight excluding hydrogens is 399 g/mol. The molecule has 5 nitrogen and oxygen atoms in total. The van der Waals surface area contributed by atoms with Crippen LogP contribution in [-0.2, 0) is 14.3 Å². The second-order valence-corrected chi connectivity index (χ2v) is 9.22. The van der Waals surface area contributed by atoms with Gasteiger partial charge in [-0.3, -0.25) is 9.59 Å². The molecule has 2 amide bonds. The van der Waals surface area contributed by atoms with Crippen LogP contribution in [0, 0.1) is 11.8 Å². The molecule has 0 spiro atoms. The maximum absolute atomic E-state index is 12.8. The summed E-state index contributed by atoms with van der Waals surface area (Å²) in [6, 6.07) is 7.63. The minimum atomic E-state index is -1.10. The van der Waals surface area contributed by atoms with E-state index in [0.29, 0.717) is 17.5 Å². The van der Waals surface area contributed by atoms with Crippen molar-refractivity contribution in [1.29, 1.82) is 0 Å². The molecule has 1 N–H and O–H groups in total. The number of likely N-dealkylation sites (tertiary alicyclic amines) is 1. The highest BCUT2D eigenvalue weighted by Gasteiger charge is 2.41. The second-order valence-electron chi connectivity index (χ2n) is 8.13. The lowest BCUT2D eigenvalue weighted by molar-refractivity contribution is -0.138. The Balaban J connectivity index is 1.39. The first-order valence-corrected chi connectivity index (χ1v) is 11.0. The Bertz CT molecular complexity index is 736. The Morgan fingerprint density at radius 3 is 2.71 bits per heavy atom. The predicted octanol–water partition coefficient (Wildman–Crippen LogP) is 4.30. The average Bonchev–Trinajstić information content (AvgIpc) is 3.36. The molecule has 4 rings (SSSR count). The van der Waals surface area contributed by atoms with Gasteiger partial charge in [0.15, 0.2) is 4.84 Å². The van der Waals surface area contributed by atoms with Crippen LogP contribution < -0.4 is 5.32 Å². The van der Waals surface area contributed by atoms with Crippen LogP contribution in [0.3, 0.4) is 0 Å². The number of rotatable bonds is 4. The second kappa shape index (κ2) is 8.60. The number of ether oxygens (including phenoxy) is 1. The van der Waals surface area contributed by atoms with Crippen molar-refractivity contribution < 1.29 is 14.3 Å². The Kier molecular flexibility index (Phi) is 6.14. The summed E-state index contributed by atoms with van der Waals surface area (Å²) in [6.45, 7) is 1.60. The molecule has 0 bridgehead atoms. The molecule has 1 saturated carbocycles. The number of carbonyl (C=O) groups excluding carboxylic acids is 2. The summed E-state index contributed by atoms with van der Waals surface area (Å²) in [7, 11) is 0. The lowest BCUT2D eigenvalue weighted by atomic mass is 9.90. The van der Waals surface area contributed by atoms with E-state index >= 15 is 0 Å². The first kappa shape index (κ1) is 20.0. The Labute approximate surface area is 175 Å². The number of nitrogens with one attached hydrogen (secondary N) is 1. The van der Waals surface area contributed by atoms with E-state index in [1.165, 1.54) is 12.8 Å². The van der Waals surface area contributed by atoms with Crippen LogP contribution in [0.4, 0.5) is 5.69 Å². The van der Waals surface area contributed by atoms with Gasteiger partial charge in [0.1, 0.15) is 0 Å². The Morgan fingerprint density at radius 1 is 1.18 bits per heavy atom. The van der Waals surface area contributed by atoms with Gasteiger partial charge < -0.3 is 15.0 Å². The largest absolute Gasteiger partial charge is 0.370 e. The normalized spacial score (nSPS) is 27.8. The number of piperidine rings is 1. The van der Waals surface area contributed by atoms with Crippen molar-refractivity contribution in [3.05, 3.63) is 29.8 Å². The lowest BCUT2D eigenvalue weighted by Crippen LogP contribution is -2.46. The quantitative estimate of drug-likeness (QED) is 0.732. The maximum atomic E-state index is 12.8. The Hall–Kier alpha value is -1.30. The van der Waals surface area contributed by atoms with Gasteiger partial charge in [0.25, 0.3) is 5.91 Å². The van der Waals surface area contributed by atoms with Crippen LogP contribution >= 0.6 is 23.2 Å². The highest BCUT2D eigenvalue weighted by molar-refractivity contribution is 6.54. The molecule has 0 radical (unpaired) electrons. The molecule has 1 aromatic carbocycles. The third-order valence-electron chi connectivity index (χ3n) is 6.26. The van der Waals surface area contributed by atoms with E-state index in [1.807, 2.05) is 24.3 Å². The van der Waals surface area contributed by atoms with Crippen molar-refractivity contribution in [3.8, 4) is 0 Å². The fourth-order valence-corrected chi connectivity index (χ4v) is 4.93. The molecule has 3 aliphatic rings. The minimum absolute atomic E-state index is 0.0174. The molecule has 0 aromatic heterocycles. The van der Waals surface area contributed by atoms with Crippen LogP contribution in [0.5, 0.6) is 0 Å². The third-order valence-corrected chi connectivity index (χ3v) is 6.66. The SMILES string of the molecule is O=C(Nc1cccc(C2CC3CN(C(=O)C4CCCC4)CCC3O2)c1)C(Cl)Cl. The molecule has 7 heteroatoms. The van der Waals surface area contributed by atoms with Gasteiger partial charge in [-0.1, -0.05) is 48.2 Å². The van der Waals surface area contributed by atoms with E-state index in [2.05, 4.69) is 10.2 Å². The van der Waals surface area contributed by atoms with Gasteiger partial charge >= 0.3 is 0 Å². The summed E-state index contributed by atoms with van der Waals surface area (Å²) in [5.74, 6) is 0.517. The standard InChI is InChI=1S/C21H26Cl2N2O3/c22-19(23)20(26)24-16-7-3-6-14(10-16)18-11-15-12-25(9-8-17(15)28-18)21(27)13-4-1-2-5-13/h3,6-7,10,13,15,17-19H,1-2,4-5,8-9,11-12H2,(H,24,26). The topological polar surface area (TPSA) is 58.6 Å². The van der Waals surface area contributed by atoms with Crippen LogP contribution in [0.2, 0.25) is 0 Å². The number of anilines is 1. The van der Waals surface area contributed by atoms with Crippen molar-refractivity contribution in [2.45, 2.75) is 55.6 Å². The molecule has 2 heterocycles. The zero-order valence-electron chi connectivity index (χ0n) is 15.8. The zero-order valence-corrected chi connectivity index (χ0v) is 17.3. The van der Waals surface area contributed by atoms with Crippen LogP contribution in [0.15, 0.2) is 24.3 Å². The van der Waals surface area contributed by atoms with Crippen molar-refractivity contribution in [2.75, 3.05) is 18.4 Å². The number of amides is 2. The number of fused-ring (bicyclic) bond motifs is 1. The molecular formula is C21H26Cl2N2O3. The molecule has 1 aromatic rings. The van der Waals surface area contributed by atoms with Crippen LogP contribution in [0.25, 0.3) is 0 Å². The van der Waals surface area contributed by atoms with E-state index in [0.717, 1.165) is 44.3 Å². The monoisotopic (exact) mass is 424 g/mol. The van der Waals surface area contributed by atoms with Crippen molar-refractivity contribution in [2.24, 2.45) is 11.8 Å². The van der Waals surface area contributed by atoms with Crippen molar-refractivity contribution in [1.82, 2.24) is 4.90 Å². The molecule has 3 atom stereocenters. The summed E-state index contributed by atoms with van der Waals surface area (Å²) in [6.07, 6.45) is 6.44. The van der Waals surface area contributed by atoms with E-state index < -0.39 is 10.7 Å². The number of halogens is 2. The molecule has 3 unspecified atom stereocenters. The summed E-state index contributed by atoms with van der Waals surface area (Å²) >= 11 is 11.2. The number of carbonyl (C=O) groups is 2. The number of nitrogens with zero attached hydrogens (tertiary/aromatic N) is 1. The van der Waals surface area contributed by atoms with E-state index in [4.69, 9.17) is 27.9 Å². The van der Waals surface area contributed by atoms with Gasteiger partial charge in [-0.25, -0.2) is 0 Å². The van der Waals surface area contributed by atoms with E-state index in [1.54, 1.807) is 0 Å². The van der Waals surface area contributed by atoms with Gasteiger partial charge in [0, 0.05) is 30.6 Å². The summed E-state index contributed by atoms with van der Waals surface area (Å²) in [4.78, 5) is 25.5. The number of hydrogen-bond donors (Lipinski definition) is 1. The maximum Gasteiger partial charge on any atom is 0.257 e. The van der Waals surface area contributed by atoms with Crippen molar-refractivity contribution >= 4 is 40.7 Å². The first-order valence-electron chi connectivity index (χ1n) is 10.1. The summed E-state index contributed by atoms with van der Waals surface area (Å²) in [5.41, 5.74) is 1.69. The highest BCUT2D eigenvalue weighted by Crippen LogP contribution is 2.42. The van der Waals surface area contributed by atoms with Crippen molar-refractivity contribution in [3.63, 3.8) is 0 Å². The molecule has 3 fully saturated rings. The molecule has 152 valence electrons. The number of hydrogen-bond acceptors (Lipinski definition) is 3. The van der Waals surface area contributed by atoms with E-state index in [9.17, 15) is 9.59 Å². The summed E-state index contributed by atoms with van der Waals surface area (Å²) < 4.78 is 6.31. The third kappa shape index (κ3) is 4.32. The van der Waals surface area contributed by atoms with Gasteiger partial charge in [-0.2, -0.15) is 0 Å². The number of alkyl halides is 2.